The minimum absolute atomic E-state index is 0.115. The average Bonchev–Trinajstić information content (AvgIpc) is 2.01. The molecule has 1 unspecified atom stereocenters. The van der Waals surface area contributed by atoms with Gasteiger partial charge in [-0.05, 0) is 19.1 Å². The second-order valence-electron chi connectivity index (χ2n) is 2.82. The molecule has 78 valence electrons. The maximum Gasteiger partial charge on any atom is 0.387 e. The number of nitrogens with two attached hydrogens (primary N) is 1. The molecule has 2 N–H and O–H groups in total. The minimum Gasteiger partial charge on any atom is -0.434 e. The number of hydrogen-bond acceptors (Lipinski definition) is 2. The molecule has 2 nitrogen and oxygen atoms in total. The van der Waals surface area contributed by atoms with Crippen LogP contribution in [0.3, 0.4) is 0 Å². The number of benzene rings is 1. The Bertz CT molecular complexity index is 318. The highest BCUT2D eigenvalue weighted by atomic mass is 79.9. The summed E-state index contributed by atoms with van der Waals surface area (Å²) in [4.78, 5) is 0. The Morgan fingerprint density at radius 3 is 2.57 bits per heavy atom. The van der Waals surface area contributed by atoms with Gasteiger partial charge in [-0.1, -0.05) is 22.0 Å². The Kier molecular flexibility index (Phi) is 3.83. The van der Waals surface area contributed by atoms with Crippen molar-refractivity contribution in [3.8, 4) is 5.75 Å². The molecule has 0 fully saturated rings. The largest absolute Gasteiger partial charge is 0.434 e. The summed E-state index contributed by atoms with van der Waals surface area (Å²) in [5.74, 6) is 0.115. The molecule has 5 heteroatoms. The van der Waals surface area contributed by atoms with Gasteiger partial charge in [0.15, 0.2) is 0 Å². The van der Waals surface area contributed by atoms with E-state index in [0.717, 1.165) is 0 Å². The van der Waals surface area contributed by atoms with Crippen LogP contribution in [0.25, 0.3) is 0 Å². The first-order valence-electron chi connectivity index (χ1n) is 4.01. The van der Waals surface area contributed by atoms with Crippen LogP contribution in [-0.2, 0) is 0 Å². The van der Waals surface area contributed by atoms with E-state index in [1.54, 1.807) is 19.1 Å². The molecule has 0 radical (unpaired) electrons. The van der Waals surface area contributed by atoms with E-state index in [0.29, 0.717) is 10.0 Å². The van der Waals surface area contributed by atoms with Crippen molar-refractivity contribution >= 4 is 15.9 Å². The zero-order valence-corrected chi connectivity index (χ0v) is 9.09. The quantitative estimate of drug-likeness (QED) is 0.912. The Labute approximate surface area is 89.2 Å². The first-order valence-corrected chi connectivity index (χ1v) is 4.80. The fourth-order valence-electron chi connectivity index (χ4n) is 1.16. The molecule has 0 saturated heterocycles. The Balaban J connectivity index is 3.08. The first kappa shape index (κ1) is 11.4. The lowest BCUT2D eigenvalue weighted by Gasteiger charge is -2.14. The van der Waals surface area contributed by atoms with E-state index in [1.165, 1.54) is 6.07 Å². The predicted octanol–water partition coefficient (Wildman–Crippen LogP) is 3.07. The monoisotopic (exact) mass is 265 g/mol. The van der Waals surface area contributed by atoms with Crippen LogP contribution in [0.15, 0.2) is 22.7 Å². The van der Waals surface area contributed by atoms with Gasteiger partial charge >= 0.3 is 6.61 Å². The third-order valence-electron chi connectivity index (χ3n) is 1.68. The van der Waals surface area contributed by atoms with Gasteiger partial charge in [0.2, 0.25) is 0 Å². The molecule has 0 aliphatic heterocycles. The maximum absolute atomic E-state index is 12.0. The number of hydrogen-bond donors (Lipinski definition) is 1. The third kappa shape index (κ3) is 2.65. The first-order chi connectivity index (χ1) is 6.52. The standard InChI is InChI=1S/C9H10BrF2NO/c1-5(13)8-6(10)3-2-4-7(8)14-9(11)12/h2-5,9H,13H2,1H3. The number of ether oxygens (including phenoxy) is 1. The molecule has 0 aromatic heterocycles. The highest BCUT2D eigenvalue weighted by molar-refractivity contribution is 9.10. The lowest BCUT2D eigenvalue weighted by atomic mass is 10.1. The van der Waals surface area contributed by atoms with Crippen molar-refractivity contribution in [3.63, 3.8) is 0 Å². The summed E-state index contributed by atoms with van der Waals surface area (Å²) in [6, 6.07) is 4.46. The summed E-state index contributed by atoms with van der Waals surface area (Å²) in [6.45, 7) is -1.12. The minimum atomic E-state index is -2.83. The van der Waals surface area contributed by atoms with Gasteiger partial charge in [0.05, 0.1) is 0 Å². The summed E-state index contributed by atoms with van der Waals surface area (Å²) in [7, 11) is 0. The summed E-state index contributed by atoms with van der Waals surface area (Å²) < 4.78 is 29.1. The topological polar surface area (TPSA) is 35.2 Å². The lowest BCUT2D eigenvalue weighted by Crippen LogP contribution is -2.11. The summed E-state index contributed by atoms with van der Waals surface area (Å²) >= 11 is 3.23. The Morgan fingerprint density at radius 2 is 2.07 bits per heavy atom. The van der Waals surface area contributed by atoms with Gasteiger partial charge in [-0.25, -0.2) is 0 Å². The maximum atomic E-state index is 12.0. The van der Waals surface area contributed by atoms with E-state index >= 15 is 0 Å². The van der Waals surface area contributed by atoms with Gasteiger partial charge in [-0.15, -0.1) is 0 Å². The fraction of sp³-hybridized carbons (Fsp3) is 0.333. The van der Waals surface area contributed by atoms with Crippen molar-refractivity contribution in [1.82, 2.24) is 0 Å². The van der Waals surface area contributed by atoms with Crippen LogP contribution in [0.4, 0.5) is 8.78 Å². The number of halogens is 3. The van der Waals surface area contributed by atoms with Gasteiger partial charge in [0.1, 0.15) is 5.75 Å². The van der Waals surface area contributed by atoms with Crippen molar-refractivity contribution in [2.75, 3.05) is 0 Å². The van der Waals surface area contributed by atoms with Crippen LogP contribution >= 0.6 is 15.9 Å². The van der Waals surface area contributed by atoms with E-state index < -0.39 is 6.61 Å². The molecule has 0 heterocycles. The average molecular weight is 266 g/mol. The fourth-order valence-corrected chi connectivity index (χ4v) is 1.87. The predicted molar refractivity (Wildman–Crippen MR) is 53.4 cm³/mol. The van der Waals surface area contributed by atoms with Crippen molar-refractivity contribution < 1.29 is 13.5 Å². The highest BCUT2D eigenvalue weighted by Crippen LogP contribution is 2.31. The second kappa shape index (κ2) is 4.70. The molecule has 0 spiro atoms. The van der Waals surface area contributed by atoms with Crippen LogP contribution in [0, 0.1) is 0 Å². The van der Waals surface area contributed by atoms with Crippen molar-refractivity contribution in [2.45, 2.75) is 19.6 Å². The van der Waals surface area contributed by atoms with Crippen molar-refractivity contribution in [2.24, 2.45) is 5.73 Å². The summed E-state index contributed by atoms with van der Waals surface area (Å²) in [5, 5.41) is 0. The van der Waals surface area contributed by atoms with Gasteiger partial charge in [0, 0.05) is 16.1 Å². The van der Waals surface area contributed by atoms with E-state index in [2.05, 4.69) is 20.7 Å². The molecule has 0 amide bonds. The molecule has 0 bridgehead atoms. The molecule has 0 saturated carbocycles. The van der Waals surface area contributed by atoms with Gasteiger partial charge < -0.3 is 10.5 Å². The zero-order chi connectivity index (χ0) is 10.7. The van der Waals surface area contributed by atoms with E-state index in [1.807, 2.05) is 0 Å². The molecule has 1 aromatic carbocycles. The van der Waals surface area contributed by atoms with Crippen LogP contribution in [0.1, 0.15) is 18.5 Å². The van der Waals surface area contributed by atoms with Gasteiger partial charge in [-0.3, -0.25) is 0 Å². The zero-order valence-electron chi connectivity index (χ0n) is 7.51. The van der Waals surface area contributed by atoms with Crippen molar-refractivity contribution in [1.29, 1.82) is 0 Å². The molecule has 14 heavy (non-hydrogen) atoms. The summed E-state index contributed by atoms with van der Waals surface area (Å²) in [5.41, 5.74) is 6.19. The van der Waals surface area contributed by atoms with E-state index in [9.17, 15) is 8.78 Å². The van der Waals surface area contributed by atoms with Crippen LogP contribution in [-0.4, -0.2) is 6.61 Å². The van der Waals surface area contributed by atoms with Gasteiger partial charge in [-0.2, -0.15) is 8.78 Å². The number of rotatable bonds is 3. The molecular weight excluding hydrogens is 256 g/mol. The Morgan fingerprint density at radius 1 is 1.43 bits per heavy atom. The van der Waals surface area contributed by atoms with E-state index in [4.69, 9.17) is 5.73 Å². The SMILES string of the molecule is CC(N)c1c(Br)cccc1OC(F)F. The molecule has 0 aliphatic rings. The molecular formula is C9H10BrF2NO. The molecule has 1 aromatic rings. The van der Waals surface area contributed by atoms with E-state index in [-0.39, 0.29) is 11.8 Å². The van der Waals surface area contributed by atoms with Crippen molar-refractivity contribution in [3.05, 3.63) is 28.2 Å². The third-order valence-corrected chi connectivity index (χ3v) is 2.38. The molecule has 1 atom stereocenters. The van der Waals surface area contributed by atoms with Gasteiger partial charge in [0.25, 0.3) is 0 Å². The number of alkyl halides is 2. The smallest absolute Gasteiger partial charge is 0.387 e. The Hall–Kier alpha value is -0.680. The summed E-state index contributed by atoms with van der Waals surface area (Å²) in [6.07, 6.45) is 0. The molecule has 0 aliphatic carbocycles. The van der Waals surface area contributed by atoms with Crippen LogP contribution in [0.5, 0.6) is 5.75 Å². The van der Waals surface area contributed by atoms with Crippen LogP contribution < -0.4 is 10.5 Å². The van der Waals surface area contributed by atoms with Crippen LogP contribution in [0.2, 0.25) is 0 Å². The highest BCUT2D eigenvalue weighted by Gasteiger charge is 2.14. The second-order valence-corrected chi connectivity index (χ2v) is 3.67. The molecule has 1 rings (SSSR count). The normalized spacial score (nSPS) is 13.0. The lowest BCUT2D eigenvalue weighted by molar-refractivity contribution is -0.0506.